The van der Waals surface area contributed by atoms with Gasteiger partial charge < -0.3 is 14.8 Å². The summed E-state index contributed by atoms with van der Waals surface area (Å²) in [5, 5.41) is 0.466. The maximum atomic E-state index is 14.8. The second-order valence-corrected chi connectivity index (χ2v) is 9.75. The fourth-order valence-electron chi connectivity index (χ4n) is 4.62. The molecule has 4 aromatic rings. The quantitative estimate of drug-likeness (QED) is 0.368. The van der Waals surface area contributed by atoms with E-state index in [0.29, 0.717) is 54.9 Å². The van der Waals surface area contributed by atoms with Gasteiger partial charge in [0.25, 0.3) is 11.5 Å². The Morgan fingerprint density at radius 2 is 1.70 bits per heavy atom. The first-order chi connectivity index (χ1) is 17.7. The molecule has 0 spiro atoms. The number of benzene rings is 2. The molecular weight excluding hydrogens is 518 g/mol. The van der Waals surface area contributed by atoms with Crippen molar-refractivity contribution in [3.8, 4) is 0 Å². The number of nitrogens with one attached hydrogen (secondary N) is 1. The summed E-state index contributed by atoms with van der Waals surface area (Å²) in [4.78, 5) is 43.4. The van der Waals surface area contributed by atoms with Gasteiger partial charge in [-0.25, -0.2) is 4.39 Å². The van der Waals surface area contributed by atoms with Crippen molar-refractivity contribution in [2.75, 3.05) is 31.1 Å². The average Bonchev–Trinajstić information content (AvgIpc) is 3.21. The summed E-state index contributed by atoms with van der Waals surface area (Å²) in [6, 6.07) is 13.3. The van der Waals surface area contributed by atoms with Crippen LogP contribution in [0.1, 0.15) is 38.9 Å². The van der Waals surface area contributed by atoms with Crippen molar-refractivity contribution < 1.29 is 14.0 Å². The summed E-state index contributed by atoms with van der Waals surface area (Å²) in [5.41, 5.74) is 2.92. The molecule has 2 aromatic heterocycles. The van der Waals surface area contributed by atoms with Crippen LogP contribution < -0.4 is 10.5 Å². The maximum Gasteiger partial charge on any atom is 0.272 e. The monoisotopic (exact) mass is 540 g/mol. The molecule has 2 aromatic carbocycles. The summed E-state index contributed by atoms with van der Waals surface area (Å²) in [7, 11) is 0. The number of amides is 1. The summed E-state index contributed by atoms with van der Waals surface area (Å²) < 4.78 is 16.3. The normalized spacial score (nSPS) is 13.8. The van der Waals surface area contributed by atoms with E-state index >= 15 is 0 Å². The largest absolute Gasteiger partial charge is 0.368 e. The summed E-state index contributed by atoms with van der Waals surface area (Å²) >= 11 is 12.4. The Labute approximate surface area is 222 Å². The minimum atomic E-state index is -0.593. The molecular formula is C27H23Cl2FN4O3. The summed E-state index contributed by atoms with van der Waals surface area (Å²) in [6.45, 7) is 3.59. The molecule has 0 unspecified atom stereocenters. The van der Waals surface area contributed by atoms with E-state index in [0.717, 1.165) is 5.69 Å². The molecule has 10 heteroatoms. The highest BCUT2D eigenvalue weighted by Crippen LogP contribution is 2.27. The molecule has 0 atom stereocenters. The highest BCUT2D eigenvalue weighted by molar-refractivity contribution is 6.42. The first kappa shape index (κ1) is 25.0. The predicted molar refractivity (Wildman–Crippen MR) is 142 cm³/mol. The summed E-state index contributed by atoms with van der Waals surface area (Å²) in [5.74, 6) is -0.958. The van der Waals surface area contributed by atoms with E-state index in [2.05, 4.69) is 9.88 Å². The van der Waals surface area contributed by atoms with Crippen LogP contribution in [0.3, 0.4) is 0 Å². The van der Waals surface area contributed by atoms with E-state index in [4.69, 9.17) is 23.2 Å². The Bertz CT molecular complexity index is 1570. The lowest BCUT2D eigenvalue weighted by atomic mass is 10.0. The van der Waals surface area contributed by atoms with Gasteiger partial charge in [0.2, 0.25) is 0 Å². The number of anilines is 1. The van der Waals surface area contributed by atoms with Gasteiger partial charge in [0.1, 0.15) is 16.5 Å². The second kappa shape index (κ2) is 10.0. The van der Waals surface area contributed by atoms with Crippen LogP contribution >= 0.6 is 23.2 Å². The zero-order valence-electron chi connectivity index (χ0n) is 19.9. The molecule has 0 radical (unpaired) electrons. The van der Waals surface area contributed by atoms with Crippen molar-refractivity contribution in [2.24, 2.45) is 0 Å². The minimum absolute atomic E-state index is 0.00550. The number of halogens is 3. The number of Topliss-reactive ketones (excluding diaryl/α,β-unsaturated/α-hetero) is 1. The molecule has 1 aliphatic rings. The third-order valence-corrected chi connectivity index (χ3v) is 7.40. The Balaban J connectivity index is 1.32. The second-order valence-electron chi connectivity index (χ2n) is 8.99. The number of hydrogen-bond acceptors (Lipinski definition) is 4. The highest BCUT2D eigenvalue weighted by Gasteiger charge is 2.25. The molecule has 1 amide bonds. The number of carbonyl (C=O) groups is 2. The standard InChI is InChI=1S/C27H23Cl2FN4O3/c1-16(35)18-3-5-19(6-4-18)32-8-10-33(11-9-32)27(37)21-13-17(2-7-23(21)30)12-20-15-31-26(36)24-14-22(28)25(29)34(20)24/h2-7,13-15H,8-12H2,1H3,(H,31,36). The topological polar surface area (TPSA) is 77.9 Å². The summed E-state index contributed by atoms with van der Waals surface area (Å²) in [6.07, 6.45) is 1.83. The number of rotatable bonds is 5. The predicted octanol–water partition coefficient (Wildman–Crippen LogP) is 4.83. The van der Waals surface area contributed by atoms with E-state index in [1.165, 1.54) is 25.3 Å². The highest BCUT2D eigenvalue weighted by atomic mass is 35.5. The smallest absolute Gasteiger partial charge is 0.272 e. The van der Waals surface area contributed by atoms with Gasteiger partial charge in [-0.1, -0.05) is 29.3 Å². The van der Waals surface area contributed by atoms with Gasteiger partial charge in [-0.2, -0.15) is 0 Å². The van der Waals surface area contributed by atoms with Gasteiger partial charge >= 0.3 is 0 Å². The van der Waals surface area contributed by atoms with E-state index in [1.54, 1.807) is 33.6 Å². The van der Waals surface area contributed by atoms with E-state index in [-0.39, 0.29) is 33.0 Å². The lowest BCUT2D eigenvalue weighted by Crippen LogP contribution is -2.49. The molecule has 1 aliphatic heterocycles. The number of aromatic nitrogens is 2. The van der Waals surface area contributed by atoms with Gasteiger partial charge in [0, 0.05) is 55.7 Å². The van der Waals surface area contributed by atoms with Crippen LogP contribution in [0.2, 0.25) is 10.2 Å². The lowest BCUT2D eigenvalue weighted by Gasteiger charge is -2.36. The molecule has 1 saturated heterocycles. The molecule has 0 aliphatic carbocycles. The van der Waals surface area contributed by atoms with Crippen molar-refractivity contribution >= 4 is 46.1 Å². The van der Waals surface area contributed by atoms with Gasteiger partial charge in [-0.05, 0) is 55.0 Å². The molecule has 5 rings (SSSR count). The van der Waals surface area contributed by atoms with Gasteiger partial charge in [0.15, 0.2) is 5.78 Å². The van der Waals surface area contributed by atoms with Crippen molar-refractivity contribution in [3.05, 3.63) is 103 Å². The van der Waals surface area contributed by atoms with E-state index < -0.39 is 5.82 Å². The van der Waals surface area contributed by atoms with Crippen LogP contribution in [0.15, 0.2) is 59.5 Å². The fraction of sp³-hybridized carbons (Fsp3) is 0.222. The number of hydrogen-bond donors (Lipinski definition) is 1. The molecule has 37 heavy (non-hydrogen) atoms. The number of fused-ring (bicyclic) bond motifs is 1. The zero-order valence-corrected chi connectivity index (χ0v) is 21.4. The number of piperazine rings is 1. The van der Waals surface area contributed by atoms with Crippen LogP contribution in [0.5, 0.6) is 0 Å². The van der Waals surface area contributed by atoms with Crippen LogP contribution in [0.25, 0.3) is 5.52 Å². The Morgan fingerprint density at radius 3 is 2.38 bits per heavy atom. The van der Waals surface area contributed by atoms with E-state index in [9.17, 15) is 18.8 Å². The van der Waals surface area contributed by atoms with Crippen molar-refractivity contribution in [2.45, 2.75) is 13.3 Å². The number of ketones is 1. The van der Waals surface area contributed by atoms with Crippen molar-refractivity contribution in [3.63, 3.8) is 0 Å². The average molecular weight is 541 g/mol. The van der Waals surface area contributed by atoms with Gasteiger partial charge in [-0.3, -0.25) is 18.8 Å². The zero-order chi connectivity index (χ0) is 26.3. The van der Waals surface area contributed by atoms with Crippen LogP contribution in [0, 0.1) is 5.82 Å². The third-order valence-electron chi connectivity index (χ3n) is 6.64. The molecule has 0 saturated carbocycles. The molecule has 3 heterocycles. The van der Waals surface area contributed by atoms with Gasteiger partial charge in [0.05, 0.1) is 10.6 Å². The third kappa shape index (κ3) is 4.86. The number of carbonyl (C=O) groups excluding carboxylic acids is 2. The fourth-order valence-corrected chi connectivity index (χ4v) is 5.06. The van der Waals surface area contributed by atoms with Crippen LogP contribution in [0.4, 0.5) is 10.1 Å². The molecule has 190 valence electrons. The number of H-pyrrole nitrogens is 1. The van der Waals surface area contributed by atoms with Crippen molar-refractivity contribution in [1.82, 2.24) is 14.3 Å². The number of aromatic amines is 1. The minimum Gasteiger partial charge on any atom is -0.368 e. The van der Waals surface area contributed by atoms with Crippen molar-refractivity contribution in [1.29, 1.82) is 0 Å². The molecule has 0 bridgehead atoms. The van der Waals surface area contributed by atoms with Gasteiger partial charge in [-0.15, -0.1) is 0 Å². The van der Waals surface area contributed by atoms with Crippen LogP contribution in [-0.2, 0) is 6.42 Å². The Kier molecular flexibility index (Phi) is 6.79. The molecule has 7 nitrogen and oxygen atoms in total. The Hall–Kier alpha value is -3.62. The first-order valence-electron chi connectivity index (χ1n) is 11.7. The molecule has 1 fully saturated rings. The first-order valence-corrected chi connectivity index (χ1v) is 12.5. The number of nitrogens with zero attached hydrogens (tertiary/aromatic N) is 3. The van der Waals surface area contributed by atoms with E-state index in [1.807, 2.05) is 12.1 Å². The lowest BCUT2D eigenvalue weighted by molar-refractivity contribution is 0.0741. The SMILES string of the molecule is CC(=O)c1ccc(N2CCN(C(=O)c3cc(Cc4c[nH]c(=O)c5cc(Cl)c(Cl)n45)ccc3F)CC2)cc1. The molecule has 1 N–H and O–H groups in total. The van der Waals surface area contributed by atoms with Crippen LogP contribution in [-0.4, -0.2) is 52.2 Å². The maximum absolute atomic E-state index is 14.8. The Morgan fingerprint density at radius 1 is 1.00 bits per heavy atom.